The van der Waals surface area contributed by atoms with E-state index >= 15 is 0 Å². The van der Waals surface area contributed by atoms with E-state index in [4.69, 9.17) is 14.2 Å². The molecule has 0 fully saturated rings. The van der Waals surface area contributed by atoms with Crippen molar-refractivity contribution in [2.24, 2.45) is 0 Å². The topological polar surface area (TPSA) is 92.7 Å². The van der Waals surface area contributed by atoms with E-state index in [-0.39, 0.29) is 19.8 Å². The van der Waals surface area contributed by atoms with Crippen molar-refractivity contribution in [3.63, 3.8) is 0 Å². The zero-order valence-corrected chi connectivity index (χ0v) is 14.4. The first-order valence-corrected chi connectivity index (χ1v) is 9.13. The maximum absolute atomic E-state index is 11.4. The molecule has 0 aromatic heterocycles. The number of hydrogen-bond acceptors (Lipinski definition) is 7. The minimum atomic E-state index is -4.17. The Morgan fingerprint density at radius 2 is 1.41 bits per heavy atom. The van der Waals surface area contributed by atoms with Crippen molar-refractivity contribution in [1.82, 2.24) is 0 Å². The average molecular weight is 344 g/mol. The summed E-state index contributed by atoms with van der Waals surface area (Å²) in [5, 5.41) is 0. The minimum Gasteiger partial charge on any atom is -0.379 e. The van der Waals surface area contributed by atoms with Gasteiger partial charge in [-0.05, 0) is 13.3 Å². The summed E-state index contributed by atoms with van der Waals surface area (Å²) in [4.78, 5) is 13.9. The second-order valence-electron chi connectivity index (χ2n) is 4.33. The summed E-state index contributed by atoms with van der Waals surface area (Å²) in [6.07, 6.45) is 2.77. The van der Waals surface area contributed by atoms with E-state index < -0.39 is 7.82 Å². The van der Waals surface area contributed by atoms with Crippen LogP contribution in [-0.2, 0) is 32.9 Å². The molecule has 0 saturated carbocycles. The molecule has 8 nitrogen and oxygen atoms in total. The highest BCUT2D eigenvalue weighted by molar-refractivity contribution is 7.47. The third-order valence-corrected chi connectivity index (χ3v) is 3.21. The molecule has 0 aliphatic carbocycles. The molecule has 0 aromatic rings. The molecule has 1 atom stereocenters. The summed E-state index contributed by atoms with van der Waals surface area (Å²) in [6.45, 7) is 6.88. The Bertz CT molecular complexity index is 277. The predicted octanol–water partition coefficient (Wildman–Crippen LogP) is 2.31. The van der Waals surface area contributed by atoms with Crippen LogP contribution >= 0.6 is 7.82 Å². The van der Waals surface area contributed by atoms with Crippen LogP contribution < -0.4 is 0 Å². The molecular weight excluding hydrogens is 315 g/mol. The second kappa shape index (κ2) is 15.8. The van der Waals surface area contributed by atoms with Crippen LogP contribution in [0.2, 0.25) is 0 Å². The maximum Gasteiger partial charge on any atom is 0.499 e. The molecule has 0 radical (unpaired) electrons. The molecular formula is C13H29O8P. The van der Waals surface area contributed by atoms with Crippen molar-refractivity contribution in [2.45, 2.75) is 33.1 Å². The van der Waals surface area contributed by atoms with Gasteiger partial charge >= 0.3 is 7.82 Å². The Labute approximate surface area is 132 Å². The van der Waals surface area contributed by atoms with Gasteiger partial charge in [0.2, 0.25) is 0 Å². The van der Waals surface area contributed by atoms with Gasteiger partial charge in [0.25, 0.3) is 0 Å². The van der Waals surface area contributed by atoms with Crippen LogP contribution in [0.25, 0.3) is 0 Å². The Balaban J connectivity index is 3.32. The van der Waals surface area contributed by atoms with Gasteiger partial charge in [0.05, 0.1) is 46.2 Å². The van der Waals surface area contributed by atoms with E-state index in [1.165, 1.54) is 0 Å². The Hall–Kier alpha value is -0.0500. The quantitative estimate of drug-likeness (QED) is 0.186. The maximum atomic E-state index is 11.4. The third-order valence-electron chi connectivity index (χ3n) is 2.41. The standard InChI is InChI=1S/C13H29O8P/c1-3-5-6-7-19-21-22(14,15)20-13-12-18-11-10-17-9-8-16-4-2/h3-13H2,1-2H3,(H,14,15). The van der Waals surface area contributed by atoms with Crippen LogP contribution in [0.3, 0.4) is 0 Å². The first-order valence-electron chi connectivity index (χ1n) is 7.64. The van der Waals surface area contributed by atoms with Crippen molar-refractivity contribution in [3.8, 4) is 0 Å². The lowest BCUT2D eigenvalue weighted by molar-refractivity contribution is -0.225. The number of hydrogen-bond donors (Lipinski definition) is 1. The molecule has 0 rings (SSSR count). The molecule has 1 unspecified atom stereocenters. The van der Waals surface area contributed by atoms with E-state index in [2.05, 4.69) is 14.1 Å². The smallest absolute Gasteiger partial charge is 0.379 e. The van der Waals surface area contributed by atoms with Crippen LogP contribution in [0.15, 0.2) is 0 Å². The van der Waals surface area contributed by atoms with Gasteiger partial charge in [-0.3, -0.25) is 4.52 Å². The summed E-state index contributed by atoms with van der Waals surface area (Å²) >= 11 is 0. The van der Waals surface area contributed by atoms with Crippen molar-refractivity contribution in [2.75, 3.05) is 52.9 Å². The summed E-state index contributed by atoms with van der Waals surface area (Å²) in [5.41, 5.74) is 0. The molecule has 134 valence electrons. The lowest BCUT2D eigenvalue weighted by atomic mass is 10.3. The first kappa shape index (κ1) is 21.9. The van der Waals surface area contributed by atoms with Gasteiger partial charge in [-0.25, -0.2) is 9.45 Å². The number of rotatable bonds is 17. The fourth-order valence-corrected chi connectivity index (χ4v) is 1.89. The van der Waals surface area contributed by atoms with Gasteiger partial charge in [-0.15, -0.1) is 4.67 Å². The lowest BCUT2D eigenvalue weighted by Gasteiger charge is -2.11. The van der Waals surface area contributed by atoms with Crippen molar-refractivity contribution in [1.29, 1.82) is 0 Å². The zero-order valence-electron chi connectivity index (χ0n) is 13.5. The molecule has 0 saturated heterocycles. The van der Waals surface area contributed by atoms with Gasteiger partial charge in [-0.2, -0.15) is 0 Å². The molecule has 0 aliphatic rings. The van der Waals surface area contributed by atoms with Gasteiger partial charge in [0.1, 0.15) is 0 Å². The highest BCUT2D eigenvalue weighted by atomic mass is 31.2. The first-order chi connectivity index (χ1) is 10.6. The Kier molecular flexibility index (Phi) is 15.8. The van der Waals surface area contributed by atoms with E-state index in [9.17, 15) is 9.46 Å². The summed E-state index contributed by atoms with van der Waals surface area (Å²) in [6, 6.07) is 0. The number of phosphoric ester groups is 1. The minimum absolute atomic E-state index is 0.0644. The summed E-state index contributed by atoms with van der Waals surface area (Å²) < 4.78 is 35.9. The Morgan fingerprint density at radius 3 is 2.00 bits per heavy atom. The van der Waals surface area contributed by atoms with Crippen LogP contribution in [0.1, 0.15) is 33.1 Å². The molecule has 0 spiro atoms. The molecule has 1 N–H and O–H groups in total. The van der Waals surface area contributed by atoms with Gasteiger partial charge in [-0.1, -0.05) is 19.8 Å². The molecule has 0 bridgehead atoms. The predicted molar refractivity (Wildman–Crippen MR) is 80.5 cm³/mol. The molecule has 0 amide bonds. The normalized spacial score (nSPS) is 14.1. The summed E-state index contributed by atoms with van der Waals surface area (Å²) in [7, 11) is -4.17. The molecule has 0 aromatic carbocycles. The third kappa shape index (κ3) is 16.3. The fraction of sp³-hybridized carbons (Fsp3) is 1.00. The monoisotopic (exact) mass is 344 g/mol. The molecule has 0 heterocycles. The Morgan fingerprint density at radius 1 is 0.818 bits per heavy atom. The van der Waals surface area contributed by atoms with Crippen molar-refractivity contribution >= 4 is 7.82 Å². The molecule has 22 heavy (non-hydrogen) atoms. The van der Waals surface area contributed by atoms with Crippen LogP contribution in [0, 0.1) is 0 Å². The van der Waals surface area contributed by atoms with E-state index in [0.29, 0.717) is 33.0 Å². The van der Waals surface area contributed by atoms with E-state index in [0.717, 1.165) is 19.3 Å². The highest BCUT2D eigenvalue weighted by Gasteiger charge is 2.22. The lowest BCUT2D eigenvalue weighted by Crippen LogP contribution is -2.11. The van der Waals surface area contributed by atoms with Crippen LogP contribution in [-0.4, -0.2) is 57.7 Å². The van der Waals surface area contributed by atoms with Crippen molar-refractivity contribution < 1.29 is 37.8 Å². The highest BCUT2D eigenvalue weighted by Crippen LogP contribution is 2.43. The zero-order chi connectivity index (χ0) is 16.5. The molecule has 0 aliphatic heterocycles. The van der Waals surface area contributed by atoms with Gasteiger partial charge in [0, 0.05) is 6.61 Å². The largest absolute Gasteiger partial charge is 0.499 e. The van der Waals surface area contributed by atoms with E-state index in [1.54, 1.807) is 0 Å². The number of unbranched alkanes of at least 4 members (excludes halogenated alkanes) is 2. The van der Waals surface area contributed by atoms with E-state index in [1.807, 2.05) is 13.8 Å². The van der Waals surface area contributed by atoms with Gasteiger partial charge in [0.15, 0.2) is 0 Å². The van der Waals surface area contributed by atoms with Crippen molar-refractivity contribution in [3.05, 3.63) is 0 Å². The van der Waals surface area contributed by atoms with Crippen LogP contribution in [0.5, 0.6) is 0 Å². The second-order valence-corrected chi connectivity index (χ2v) is 5.67. The SMILES string of the molecule is CCCCCOOP(=O)(O)OCCOCCOCCOCC. The molecule has 9 heteroatoms. The van der Waals surface area contributed by atoms with Gasteiger partial charge < -0.3 is 19.1 Å². The number of phosphoric acid groups is 1. The fourth-order valence-electron chi connectivity index (χ4n) is 1.33. The average Bonchev–Trinajstić information content (AvgIpc) is 2.49. The summed E-state index contributed by atoms with van der Waals surface area (Å²) in [5.74, 6) is 0. The van der Waals surface area contributed by atoms with Crippen LogP contribution in [0.4, 0.5) is 0 Å². The number of ether oxygens (including phenoxy) is 3.